The van der Waals surface area contributed by atoms with E-state index < -0.39 is 10.0 Å². The van der Waals surface area contributed by atoms with E-state index in [-0.39, 0.29) is 23.9 Å². The van der Waals surface area contributed by atoms with Gasteiger partial charge in [0.05, 0.1) is 22.0 Å². The summed E-state index contributed by atoms with van der Waals surface area (Å²) in [6.45, 7) is 2.41. The van der Waals surface area contributed by atoms with E-state index in [1.165, 1.54) is 4.31 Å². The van der Waals surface area contributed by atoms with Crippen LogP contribution in [-0.4, -0.2) is 38.0 Å². The van der Waals surface area contributed by atoms with Gasteiger partial charge in [-0.15, -0.1) is 0 Å². The first-order chi connectivity index (χ1) is 9.75. The maximum atomic E-state index is 11.9. The maximum absolute atomic E-state index is 11.9. The van der Waals surface area contributed by atoms with Gasteiger partial charge in [0.2, 0.25) is 15.9 Å². The molecule has 0 aliphatic carbocycles. The number of rotatable bonds is 7. The van der Waals surface area contributed by atoms with Crippen LogP contribution in [0, 0.1) is 0 Å². The number of carbonyl (C=O) groups excluding carboxylic acids is 1. The standard InChI is InChI=1S/C13H18Cl2N2O3S/c1-3-8-17(21(2,19)20)9-7-12(18)16-11-6-4-5-10(14)13(11)15/h4-6H,3,7-9H2,1-2H3,(H,16,18). The summed E-state index contributed by atoms with van der Waals surface area (Å²) < 4.78 is 24.4. The minimum absolute atomic E-state index is 0.0515. The molecule has 8 heteroatoms. The maximum Gasteiger partial charge on any atom is 0.225 e. The van der Waals surface area contributed by atoms with E-state index in [4.69, 9.17) is 23.2 Å². The Balaban J connectivity index is 2.63. The van der Waals surface area contributed by atoms with Crippen molar-refractivity contribution in [2.45, 2.75) is 19.8 Å². The number of carbonyl (C=O) groups is 1. The predicted molar refractivity (Wildman–Crippen MR) is 86.4 cm³/mol. The van der Waals surface area contributed by atoms with E-state index >= 15 is 0 Å². The summed E-state index contributed by atoms with van der Waals surface area (Å²) >= 11 is 11.8. The van der Waals surface area contributed by atoms with Crippen molar-refractivity contribution in [1.82, 2.24) is 4.31 Å². The van der Waals surface area contributed by atoms with Crippen LogP contribution in [0.2, 0.25) is 10.0 Å². The number of anilines is 1. The molecule has 21 heavy (non-hydrogen) atoms. The van der Waals surface area contributed by atoms with Crippen molar-refractivity contribution in [2.24, 2.45) is 0 Å². The van der Waals surface area contributed by atoms with E-state index in [1.807, 2.05) is 6.92 Å². The first kappa shape index (κ1) is 18.2. The molecule has 0 bridgehead atoms. The number of benzene rings is 1. The van der Waals surface area contributed by atoms with Gasteiger partial charge in [-0.2, -0.15) is 0 Å². The van der Waals surface area contributed by atoms with Gasteiger partial charge in [0.15, 0.2) is 0 Å². The second kappa shape index (κ2) is 7.98. The predicted octanol–water partition coefficient (Wildman–Crippen LogP) is 2.99. The third-order valence-electron chi connectivity index (χ3n) is 2.76. The highest BCUT2D eigenvalue weighted by atomic mass is 35.5. The van der Waals surface area contributed by atoms with Crippen LogP contribution >= 0.6 is 23.2 Å². The summed E-state index contributed by atoms with van der Waals surface area (Å²) in [5.41, 5.74) is 0.413. The Bertz CT molecular complexity index is 605. The first-order valence-electron chi connectivity index (χ1n) is 6.44. The highest BCUT2D eigenvalue weighted by Crippen LogP contribution is 2.29. The quantitative estimate of drug-likeness (QED) is 0.820. The van der Waals surface area contributed by atoms with E-state index in [0.717, 1.165) is 6.26 Å². The van der Waals surface area contributed by atoms with Crippen molar-refractivity contribution in [1.29, 1.82) is 0 Å². The lowest BCUT2D eigenvalue weighted by Gasteiger charge is -2.18. The number of nitrogens with zero attached hydrogens (tertiary/aromatic N) is 1. The van der Waals surface area contributed by atoms with E-state index in [1.54, 1.807) is 18.2 Å². The fourth-order valence-corrected chi connectivity index (χ4v) is 3.02. The fourth-order valence-electron chi connectivity index (χ4n) is 1.73. The van der Waals surface area contributed by atoms with Crippen molar-refractivity contribution < 1.29 is 13.2 Å². The Morgan fingerprint density at radius 2 is 1.95 bits per heavy atom. The number of nitrogens with one attached hydrogen (secondary N) is 1. The summed E-state index contributed by atoms with van der Waals surface area (Å²) in [5.74, 6) is -0.316. The molecule has 0 unspecified atom stereocenters. The molecular formula is C13H18Cl2N2O3S. The molecular weight excluding hydrogens is 335 g/mol. The molecule has 1 rings (SSSR count). The van der Waals surface area contributed by atoms with Crippen LogP contribution < -0.4 is 5.32 Å². The molecule has 0 aliphatic heterocycles. The second-order valence-corrected chi connectivity index (χ2v) is 7.33. The van der Waals surface area contributed by atoms with Crippen molar-refractivity contribution >= 4 is 44.8 Å². The van der Waals surface area contributed by atoms with Crippen LogP contribution in [0.15, 0.2) is 18.2 Å². The molecule has 0 saturated heterocycles. The minimum Gasteiger partial charge on any atom is -0.325 e. The average Bonchev–Trinajstić information content (AvgIpc) is 2.38. The second-order valence-electron chi connectivity index (χ2n) is 4.56. The van der Waals surface area contributed by atoms with Gasteiger partial charge in [-0.05, 0) is 18.6 Å². The molecule has 0 fully saturated rings. The summed E-state index contributed by atoms with van der Waals surface area (Å²) in [4.78, 5) is 11.9. The van der Waals surface area contributed by atoms with E-state index in [9.17, 15) is 13.2 Å². The van der Waals surface area contributed by atoms with Gasteiger partial charge in [0.25, 0.3) is 0 Å². The molecule has 0 saturated carbocycles. The molecule has 118 valence electrons. The van der Waals surface area contributed by atoms with Crippen LogP contribution in [0.3, 0.4) is 0 Å². The van der Waals surface area contributed by atoms with Crippen molar-refractivity contribution in [2.75, 3.05) is 24.7 Å². The normalized spacial score (nSPS) is 11.7. The molecule has 0 aromatic heterocycles. The molecule has 0 aliphatic rings. The number of sulfonamides is 1. The molecule has 0 spiro atoms. The zero-order valence-electron chi connectivity index (χ0n) is 11.9. The Morgan fingerprint density at radius 1 is 1.29 bits per heavy atom. The minimum atomic E-state index is -3.30. The van der Waals surface area contributed by atoms with Crippen LogP contribution in [-0.2, 0) is 14.8 Å². The molecule has 1 aromatic carbocycles. The number of hydrogen-bond acceptors (Lipinski definition) is 3. The largest absolute Gasteiger partial charge is 0.325 e. The molecule has 1 N–H and O–H groups in total. The fraction of sp³-hybridized carbons (Fsp3) is 0.462. The van der Waals surface area contributed by atoms with E-state index in [0.29, 0.717) is 23.7 Å². The lowest BCUT2D eigenvalue weighted by Crippen LogP contribution is -2.33. The van der Waals surface area contributed by atoms with Gasteiger partial charge < -0.3 is 5.32 Å². The molecule has 1 amide bonds. The highest BCUT2D eigenvalue weighted by molar-refractivity contribution is 7.88. The Hall–Kier alpha value is -0.820. The van der Waals surface area contributed by atoms with Gasteiger partial charge in [-0.3, -0.25) is 4.79 Å². The van der Waals surface area contributed by atoms with Crippen LogP contribution in [0.5, 0.6) is 0 Å². The van der Waals surface area contributed by atoms with Gasteiger partial charge >= 0.3 is 0 Å². The topological polar surface area (TPSA) is 66.5 Å². The third-order valence-corrected chi connectivity index (χ3v) is 4.88. The molecule has 5 nitrogen and oxygen atoms in total. The van der Waals surface area contributed by atoms with Crippen LogP contribution in [0.25, 0.3) is 0 Å². The average molecular weight is 353 g/mol. The van der Waals surface area contributed by atoms with Gasteiger partial charge in [-0.25, -0.2) is 12.7 Å². The Kier molecular flexibility index (Phi) is 6.93. The SMILES string of the molecule is CCCN(CCC(=O)Nc1cccc(Cl)c1Cl)S(C)(=O)=O. The molecule has 1 aromatic rings. The number of halogens is 2. The summed E-state index contributed by atoms with van der Waals surface area (Å²) in [7, 11) is -3.30. The third kappa shape index (κ3) is 5.82. The van der Waals surface area contributed by atoms with Crippen LogP contribution in [0.1, 0.15) is 19.8 Å². The molecule has 0 heterocycles. The molecule has 0 radical (unpaired) electrons. The van der Waals surface area contributed by atoms with Crippen molar-refractivity contribution in [3.05, 3.63) is 28.2 Å². The smallest absolute Gasteiger partial charge is 0.225 e. The summed E-state index contributed by atoms with van der Waals surface area (Å²) in [5, 5.41) is 3.23. The summed E-state index contributed by atoms with van der Waals surface area (Å²) in [6.07, 6.45) is 1.87. The number of hydrogen-bond donors (Lipinski definition) is 1. The van der Waals surface area contributed by atoms with Crippen molar-refractivity contribution in [3.8, 4) is 0 Å². The zero-order chi connectivity index (χ0) is 16.0. The zero-order valence-corrected chi connectivity index (χ0v) is 14.2. The number of amides is 1. The summed E-state index contributed by atoms with van der Waals surface area (Å²) in [6, 6.07) is 4.92. The van der Waals surface area contributed by atoms with Crippen LogP contribution in [0.4, 0.5) is 5.69 Å². The van der Waals surface area contributed by atoms with Gasteiger partial charge in [-0.1, -0.05) is 36.2 Å². The monoisotopic (exact) mass is 352 g/mol. The van der Waals surface area contributed by atoms with Crippen molar-refractivity contribution in [3.63, 3.8) is 0 Å². The lowest BCUT2D eigenvalue weighted by molar-refractivity contribution is -0.116. The van der Waals surface area contributed by atoms with E-state index in [2.05, 4.69) is 5.32 Å². The highest BCUT2D eigenvalue weighted by Gasteiger charge is 2.17. The first-order valence-corrected chi connectivity index (χ1v) is 9.05. The Labute approximate surface area is 135 Å². The van der Waals surface area contributed by atoms with Gasteiger partial charge in [0, 0.05) is 19.5 Å². The van der Waals surface area contributed by atoms with Gasteiger partial charge in [0.1, 0.15) is 0 Å². The Morgan fingerprint density at radius 3 is 2.52 bits per heavy atom. The lowest BCUT2D eigenvalue weighted by atomic mass is 10.3. The molecule has 0 atom stereocenters.